The van der Waals surface area contributed by atoms with E-state index in [1.165, 1.54) is 18.4 Å². The summed E-state index contributed by atoms with van der Waals surface area (Å²) in [6.45, 7) is 9.64. The van der Waals surface area contributed by atoms with Gasteiger partial charge in [-0.05, 0) is 35.8 Å². The molecule has 0 unspecified atom stereocenters. The second kappa shape index (κ2) is 6.68. The molecule has 1 fully saturated rings. The summed E-state index contributed by atoms with van der Waals surface area (Å²) < 4.78 is 5.12. The molecule has 1 aliphatic rings. The molecule has 0 spiro atoms. The van der Waals surface area contributed by atoms with Crippen LogP contribution in [-0.4, -0.2) is 26.8 Å². The zero-order chi connectivity index (χ0) is 15.5. The second-order valence-corrected chi connectivity index (χ2v) is 7.81. The van der Waals surface area contributed by atoms with Gasteiger partial charge in [-0.2, -0.15) is 0 Å². The van der Waals surface area contributed by atoms with Crippen LogP contribution < -0.4 is 5.32 Å². The molecule has 0 aliphatic heterocycles. The molecule has 0 saturated heterocycles. The summed E-state index contributed by atoms with van der Waals surface area (Å²) in [6.07, 6.45) is 2.42. The van der Waals surface area contributed by atoms with E-state index in [0.29, 0.717) is 5.41 Å². The van der Waals surface area contributed by atoms with Gasteiger partial charge in [0.2, 0.25) is 0 Å². The van der Waals surface area contributed by atoms with Crippen molar-refractivity contribution >= 4 is 11.6 Å². The minimum Gasteiger partial charge on any atom is -0.383 e. The summed E-state index contributed by atoms with van der Waals surface area (Å²) in [7, 11) is 1.74. The smallest absolute Gasteiger partial charge is 0.0587 e. The van der Waals surface area contributed by atoms with Crippen LogP contribution in [0.5, 0.6) is 0 Å². The third-order valence-electron chi connectivity index (χ3n) is 4.89. The Hall–Kier alpha value is -0.570. The molecule has 0 atom stereocenters. The normalized spacial score (nSPS) is 25.7. The molecule has 21 heavy (non-hydrogen) atoms. The highest BCUT2D eigenvalue weighted by Gasteiger charge is 2.49. The number of nitrogens with one attached hydrogen (secondary N) is 1. The summed E-state index contributed by atoms with van der Waals surface area (Å²) in [5.74, 6) is 0.762. The van der Waals surface area contributed by atoms with Gasteiger partial charge in [-0.25, -0.2) is 0 Å². The molecular weight excluding hydrogens is 282 g/mol. The van der Waals surface area contributed by atoms with Gasteiger partial charge in [-0.1, -0.05) is 50.6 Å². The fraction of sp³-hybridized carbons (Fsp3) is 0.667. The van der Waals surface area contributed by atoms with Crippen molar-refractivity contribution in [1.82, 2.24) is 5.32 Å². The summed E-state index contributed by atoms with van der Waals surface area (Å²) in [5.41, 5.74) is 1.86. The van der Waals surface area contributed by atoms with E-state index >= 15 is 0 Å². The van der Waals surface area contributed by atoms with E-state index in [1.807, 2.05) is 12.1 Å². The van der Waals surface area contributed by atoms with Crippen LogP contribution in [-0.2, 0) is 10.2 Å². The molecule has 1 aromatic rings. The zero-order valence-corrected chi connectivity index (χ0v) is 14.5. The number of hydrogen-bond acceptors (Lipinski definition) is 2. The highest BCUT2D eigenvalue weighted by Crippen LogP contribution is 2.55. The molecule has 2 nitrogen and oxygen atoms in total. The molecular formula is C18H28ClNO. The zero-order valence-electron chi connectivity index (χ0n) is 13.7. The van der Waals surface area contributed by atoms with Gasteiger partial charge < -0.3 is 10.1 Å². The first-order valence-corrected chi connectivity index (χ1v) is 8.21. The maximum atomic E-state index is 6.47. The molecule has 1 saturated carbocycles. The van der Waals surface area contributed by atoms with Crippen LogP contribution in [0.2, 0.25) is 5.02 Å². The Morgan fingerprint density at radius 2 is 1.95 bits per heavy atom. The van der Waals surface area contributed by atoms with Crippen LogP contribution in [0.25, 0.3) is 0 Å². The fourth-order valence-corrected chi connectivity index (χ4v) is 3.68. The average molecular weight is 310 g/mol. The van der Waals surface area contributed by atoms with Gasteiger partial charge in [0.05, 0.1) is 6.61 Å². The number of ether oxygens (including phenoxy) is 1. The maximum absolute atomic E-state index is 6.47. The quantitative estimate of drug-likeness (QED) is 0.792. The highest BCUT2D eigenvalue weighted by atomic mass is 35.5. The molecule has 0 aromatic heterocycles. The van der Waals surface area contributed by atoms with E-state index < -0.39 is 0 Å². The highest BCUT2D eigenvalue weighted by molar-refractivity contribution is 6.31. The third-order valence-corrected chi connectivity index (χ3v) is 5.22. The minimum absolute atomic E-state index is 0.185. The number of halogens is 1. The third kappa shape index (κ3) is 3.80. The van der Waals surface area contributed by atoms with Crippen molar-refractivity contribution in [3.8, 4) is 0 Å². The van der Waals surface area contributed by atoms with Crippen LogP contribution in [0, 0.1) is 11.3 Å². The topological polar surface area (TPSA) is 21.3 Å². The van der Waals surface area contributed by atoms with E-state index in [9.17, 15) is 0 Å². The summed E-state index contributed by atoms with van der Waals surface area (Å²) in [4.78, 5) is 0. The Bertz CT molecular complexity index is 461. The van der Waals surface area contributed by atoms with Crippen molar-refractivity contribution in [2.24, 2.45) is 11.3 Å². The largest absolute Gasteiger partial charge is 0.383 e. The monoisotopic (exact) mass is 309 g/mol. The van der Waals surface area contributed by atoms with Gasteiger partial charge in [0.15, 0.2) is 0 Å². The van der Waals surface area contributed by atoms with E-state index in [0.717, 1.165) is 30.6 Å². The SMILES string of the molecule is COCCNCC1(c2ccccc2Cl)CC(C(C)(C)C)C1. The van der Waals surface area contributed by atoms with Gasteiger partial charge in [0.25, 0.3) is 0 Å². The lowest BCUT2D eigenvalue weighted by molar-refractivity contribution is 0.0438. The van der Waals surface area contributed by atoms with E-state index in [2.05, 4.69) is 38.2 Å². The maximum Gasteiger partial charge on any atom is 0.0587 e. The van der Waals surface area contributed by atoms with Gasteiger partial charge in [-0.3, -0.25) is 0 Å². The van der Waals surface area contributed by atoms with Crippen LogP contribution in [0.3, 0.4) is 0 Å². The molecule has 0 amide bonds. The Kier molecular flexibility index (Phi) is 5.34. The Balaban J connectivity index is 2.12. The molecule has 2 rings (SSSR count). The summed E-state index contributed by atoms with van der Waals surface area (Å²) >= 11 is 6.47. The van der Waals surface area contributed by atoms with Crippen molar-refractivity contribution in [3.63, 3.8) is 0 Å². The van der Waals surface area contributed by atoms with Crippen molar-refractivity contribution in [2.75, 3.05) is 26.8 Å². The molecule has 3 heteroatoms. The van der Waals surface area contributed by atoms with Crippen molar-refractivity contribution in [1.29, 1.82) is 0 Å². The van der Waals surface area contributed by atoms with Crippen molar-refractivity contribution in [2.45, 2.75) is 39.0 Å². The van der Waals surface area contributed by atoms with E-state index in [4.69, 9.17) is 16.3 Å². The average Bonchev–Trinajstić information content (AvgIpc) is 2.36. The van der Waals surface area contributed by atoms with Crippen molar-refractivity contribution in [3.05, 3.63) is 34.9 Å². The predicted molar refractivity (Wildman–Crippen MR) is 90.1 cm³/mol. The Morgan fingerprint density at radius 1 is 1.29 bits per heavy atom. The van der Waals surface area contributed by atoms with E-state index in [1.54, 1.807) is 7.11 Å². The minimum atomic E-state index is 0.185. The second-order valence-electron chi connectivity index (χ2n) is 7.40. The number of rotatable bonds is 6. The number of benzene rings is 1. The molecule has 0 heterocycles. The van der Waals surface area contributed by atoms with Gasteiger partial charge in [0.1, 0.15) is 0 Å². The number of hydrogen-bond donors (Lipinski definition) is 1. The van der Waals surface area contributed by atoms with Gasteiger partial charge in [0, 0.05) is 30.6 Å². The van der Waals surface area contributed by atoms with Crippen LogP contribution in [0.1, 0.15) is 39.2 Å². The van der Waals surface area contributed by atoms with Crippen molar-refractivity contribution < 1.29 is 4.74 Å². The predicted octanol–water partition coefficient (Wildman–Crippen LogP) is 4.27. The first kappa shape index (κ1) is 16.8. The molecule has 1 N–H and O–H groups in total. The van der Waals surface area contributed by atoms with Crippen LogP contribution in [0.15, 0.2) is 24.3 Å². The molecule has 118 valence electrons. The first-order valence-electron chi connectivity index (χ1n) is 7.84. The van der Waals surface area contributed by atoms with E-state index in [-0.39, 0.29) is 5.41 Å². The van der Waals surface area contributed by atoms with Gasteiger partial charge >= 0.3 is 0 Å². The standard InChI is InChI=1S/C18H28ClNO/c1-17(2,3)14-11-18(12-14,13-20-9-10-21-4)15-7-5-6-8-16(15)19/h5-8,14,20H,9-13H2,1-4H3. The molecule has 0 bridgehead atoms. The van der Waals surface area contributed by atoms with Crippen LogP contribution in [0.4, 0.5) is 0 Å². The summed E-state index contributed by atoms with van der Waals surface area (Å²) in [6, 6.07) is 8.32. The Morgan fingerprint density at radius 3 is 2.52 bits per heavy atom. The van der Waals surface area contributed by atoms with Crippen LogP contribution >= 0.6 is 11.6 Å². The first-order chi connectivity index (χ1) is 9.89. The fourth-order valence-electron chi connectivity index (χ4n) is 3.35. The lowest BCUT2D eigenvalue weighted by Gasteiger charge is -2.53. The number of methoxy groups -OCH3 is 1. The Labute approximate surface area is 134 Å². The molecule has 1 aromatic carbocycles. The lowest BCUT2D eigenvalue weighted by Crippen LogP contribution is -2.52. The molecule has 1 aliphatic carbocycles. The van der Waals surface area contributed by atoms with Gasteiger partial charge in [-0.15, -0.1) is 0 Å². The molecule has 0 radical (unpaired) electrons. The summed E-state index contributed by atoms with van der Waals surface area (Å²) in [5, 5.41) is 4.44. The lowest BCUT2D eigenvalue weighted by atomic mass is 9.52.